The Morgan fingerprint density at radius 2 is 1.25 bits per heavy atom. The molecule has 2 saturated carbocycles. The maximum atomic E-state index is 13.2. The van der Waals surface area contributed by atoms with E-state index in [1.54, 1.807) is 28.5 Å². The molecule has 0 aliphatic heterocycles. The van der Waals surface area contributed by atoms with E-state index in [0.717, 1.165) is 82.6 Å². The molecule has 2 aliphatic carbocycles. The molecule has 64 heavy (non-hydrogen) atoms. The Morgan fingerprint density at radius 3 is 1.81 bits per heavy atom. The fourth-order valence-corrected chi connectivity index (χ4v) is 12.5. The van der Waals surface area contributed by atoms with E-state index < -0.39 is 6.09 Å². The Kier molecular flexibility index (Phi) is 20.8. The van der Waals surface area contributed by atoms with Crippen molar-refractivity contribution in [2.45, 2.75) is 174 Å². The maximum Gasteiger partial charge on any atom is 0.407 e. The quantitative estimate of drug-likeness (QED) is 0.0609. The summed E-state index contributed by atoms with van der Waals surface area (Å²) in [6.45, 7) is 21.7. The number of esters is 1. The molecule has 0 radical (unpaired) electrons. The zero-order valence-electron chi connectivity index (χ0n) is 40.2. The molecule has 2 fully saturated rings. The number of ether oxygens (including phenoxy) is 2. The Bertz CT molecular complexity index is 1890. The number of aryl methyl sites for hydroxylation is 1. The molecule has 2 aromatic rings. The molecule has 5 unspecified atom stereocenters. The van der Waals surface area contributed by atoms with Gasteiger partial charge in [-0.25, -0.2) is 4.79 Å². The third kappa shape index (κ3) is 19.8. The standard InChI is InChI=1S/C54H78N2O6S2/c1-10-41(17-13-12-15-31-61-49(59)28-30-54(9)36-44(55-40(3)57)34-51(4,5)39-54)18-14-16-32-62-50(60)56-45-35-52(6,7)38-53(8,37-45)29-27-46(58)33-43-21-25-48(26-22-43)64-63-47-23-19-42(11-2)20-24-47/h10,12,14-16,19-26,41,44-45H,1,11,13,17-18,27-39H2,2-9H3,(H,55,57)(H,56,60)/b15-12+,16-14-. The number of hydrogen-bond acceptors (Lipinski definition) is 8. The number of benzene rings is 2. The van der Waals surface area contributed by atoms with Gasteiger partial charge in [-0.05, 0) is 140 Å². The van der Waals surface area contributed by atoms with Gasteiger partial charge in [0.25, 0.3) is 0 Å². The minimum Gasteiger partial charge on any atom is -0.461 e. The van der Waals surface area contributed by atoms with Crippen LogP contribution in [0.15, 0.2) is 95.3 Å². The lowest BCUT2D eigenvalue weighted by Crippen LogP contribution is -2.47. The molecule has 2 N–H and O–H groups in total. The third-order valence-electron chi connectivity index (χ3n) is 12.9. The van der Waals surface area contributed by atoms with Gasteiger partial charge in [0.15, 0.2) is 0 Å². The second-order valence-corrected chi connectivity index (χ2v) is 23.2. The van der Waals surface area contributed by atoms with E-state index in [-0.39, 0.29) is 70.5 Å². The number of carbonyl (C=O) groups excluding carboxylic acids is 4. The van der Waals surface area contributed by atoms with E-state index in [9.17, 15) is 19.2 Å². The highest BCUT2D eigenvalue weighted by molar-refractivity contribution is 8.76. The van der Waals surface area contributed by atoms with Crippen molar-refractivity contribution in [3.8, 4) is 0 Å². The summed E-state index contributed by atoms with van der Waals surface area (Å²) in [5.41, 5.74) is 2.44. The number of Topliss-reactive ketones (excluding diaryl/α,β-unsaturated/α-hetero) is 1. The summed E-state index contributed by atoms with van der Waals surface area (Å²) >= 11 is 0. The Balaban J connectivity index is 1.08. The number of alkyl carbamates (subject to hydrolysis) is 1. The van der Waals surface area contributed by atoms with Crippen molar-refractivity contribution >= 4 is 45.3 Å². The summed E-state index contributed by atoms with van der Waals surface area (Å²) in [6, 6.07) is 17.2. The zero-order chi connectivity index (χ0) is 46.8. The van der Waals surface area contributed by atoms with Gasteiger partial charge in [0, 0.05) is 48.1 Å². The summed E-state index contributed by atoms with van der Waals surface area (Å²) in [7, 11) is 3.48. The predicted molar refractivity (Wildman–Crippen MR) is 265 cm³/mol. The van der Waals surface area contributed by atoms with Gasteiger partial charge in [0.1, 0.15) is 19.0 Å². The number of amides is 2. The Labute approximate surface area is 393 Å². The number of rotatable bonds is 24. The first-order valence-corrected chi connectivity index (χ1v) is 25.7. The number of hydrogen-bond donors (Lipinski definition) is 2. The largest absolute Gasteiger partial charge is 0.461 e. The molecule has 0 heterocycles. The Hall–Kier alpha value is -3.76. The van der Waals surface area contributed by atoms with Crippen LogP contribution >= 0.6 is 21.6 Å². The minimum atomic E-state index is -0.408. The van der Waals surface area contributed by atoms with Gasteiger partial charge in [-0.3, -0.25) is 14.4 Å². The van der Waals surface area contributed by atoms with Crippen molar-refractivity contribution < 1.29 is 28.7 Å². The lowest BCUT2D eigenvalue weighted by molar-refractivity contribution is -0.143. The molecule has 2 aromatic carbocycles. The van der Waals surface area contributed by atoms with Crippen molar-refractivity contribution in [2.75, 3.05) is 13.2 Å². The normalized spacial score (nSPS) is 23.3. The summed E-state index contributed by atoms with van der Waals surface area (Å²) in [5.74, 6) is 0.335. The molecule has 5 atom stereocenters. The second kappa shape index (κ2) is 25.2. The first-order valence-electron chi connectivity index (χ1n) is 23.6. The molecule has 8 nitrogen and oxygen atoms in total. The van der Waals surface area contributed by atoms with Crippen LogP contribution in [0.2, 0.25) is 0 Å². The van der Waals surface area contributed by atoms with Crippen LogP contribution in [0.3, 0.4) is 0 Å². The maximum absolute atomic E-state index is 13.2. The Morgan fingerprint density at radius 1 is 0.719 bits per heavy atom. The van der Waals surface area contributed by atoms with Crippen LogP contribution < -0.4 is 10.6 Å². The van der Waals surface area contributed by atoms with E-state index in [0.29, 0.717) is 19.3 Å². The summed E-state index contributed by atoms with van der Waals surface area (Å²) in [5, 5.41) is 6.23. The van der Waals surface area contributed by atoms with Crippen molar-refractivity contribution in [2.24, 2.45) is 27.6 Å². The zero-order valence-corrected chi connectivity index (χ0v) is 41.9. The molecule has 0 bridgehead atoms. The van der Waals surface area contributed by atoms with Crippen LogP contribution in [0.1, 0.15) is 150 Å². The van der Waals surface area contributed by atoms with Gasteiger partial charge in [-0.15, -0.1) is 6.58 Å². The fraction of sp³-hybridized carbons (Fsp3) is 0.593. The molecule has 0 spiro atoms. The predicted octanol–water partition coefficient (Wildman–Crippen LogP) is 13.4. The first kappa shape index (κ1) is 52.9. The second-order valence-electron chi connectivity index (χ2n) is 20.9. The van der Waals surface area contributed by atoms with Crippen LogP contribution in [0.4, 0.5) is 4.79 Å². The van der Waals surface area contributed by atoms with Crippen LogP contribution in [0, 0.1) is 27.6 Å². The first-order chi connectivity index (χ1) is 30.3. The molecule has 2 aliphatic rings. The van der Waals surface area contributed by atoms with Gasteiger partial charge in [0.05, 0.1) is 0 Å². The van der Waals surface area contributed by atoms with Crippen LogP contribution in [-0.2, 0) is 36.7 Å². The third-order valence-corrected chi connectivity index (χ3v) is 15.3. The van der Waals surface area contributed by atoms with Crippen molar-refractivity contribution in [3.05, 3.63) is 96.6 Å². The lowest BCUT2D eigenvalue weighted by Gasteiger charge is -2.47. The highest BCUT2D eigenvalue weighted by Crippen LogP contribution is 2.50. The lowest BCUT2D eigenvalue weighted by atomic mass is 9.61. The number of nitrogens with one attached hydrogen (secondary N) is 2. The SMILES string of the molecule is C=CC(C/C=C\COC(=O)NC1CC(C)(C)CC(C)(CCC(=O)Cc2ccc(SSc3ccc(CC)cc3)cc2)C1)CC/C=C/COC(=O)CCC1(C)CC(NC(C)=O)CC(C)(C)C1. The van der Waals surface area contributed by atoms with E-state index in [1.165, 1.54) is 15.4 Å². The fourth-order valence-electron chi connectivity index (χ4n) is 10.6. The molecular formula is C54H78N2O6S2. The van der Waals surface area contributed by atoms with Crippen molar-refractivity contribution in [1.29, 1.82) is 0 Å². The minimum absolute atomic E-state index is 0.00215. The van der Waals surface area contributed by atoms with Gasteiger partial charge >= 0.3 is 12.1 Å². The molecule has 2 amide bonds. The van der Waals surface area contributed by atoms with Gasteiger partial charge in [-0.1, -0.05) is 125 Å². The molecule has 0 aromatic heterocycles. The van der Waals surface area contributed by atoms with Crippen LogP contribution in [0.5, 0.6) is 0 Å². The average molecular weight is 915 g/mol. The average Bonchev–Trinajstić information content (AvgIpc) is 3.20. The molecule has 0 saturated heterocycles. The summed E-state index contributed by atoms with van der Waals surface area (Å²) in [6.07, 6.45) is 21.4. The number of ketones is 1. The van der Waals surface area contributed by atoms with Gasteiger partial charge in [-0.2, -0.15) is 0 Å². The highest BCUT2D eigenvalue weighted by Gasteiger charge is 2.43. The number of carbonyl (C=O) groups is 4. The molecule has 10 heteroatoms. The van der Waals surface area contributed by atoms with E-state index in [1.807, 2.05) is 30.4 Å². The van der Waals surface area contributed by atoms with Gasteiger partial charge in [0.2, 0.25) is 5.91 Å². The van der Waals surface area contributed by atoms with Crippen LogP contribution in [0.25, 0.3) is 0 Å². The van der Waals surface area contributed by atoms with Crippen molar-refractivity contribution in [3.63, 3.8) is 0 Å². The molecule has 4 rings (SSSR count). The van der Waals surface area contributed by atoms with E-state index >= 15 is 0 Å². The summed E-state index contributed by atoms with van der Waals surface area (Å²) < 4.78 is 11.1. The molecular weight excluding hydrogens is 837 g/mol. The van der Waals surface area contributed by atoms with E-state index in [4.69, 9.17) is 9.47 Å². The monoisotopic (exact) mass is 915 g/mol. The molecule has 352 valence electrons. The van der Waals surface area contributed by atoms with Crippen molar-refractivity contribution in [1.82, 2.24) is 10.6 Å². The highest BCUT2D eigenvalue weighted by atomic mass is 33.1. The topological polar surface area (TPSA) is 111 Å². The number of allylic oxidation sites excluding steroid dienone is 3. The van der Waals surface area contributed by atoms with Gasteiger partial charge < -0.3 is 20.1 Å². The smallest absolute Gasteiger partial charge is 0.407 e. The van der Waals surface area contributed by atoms with Crippen LogP contribution in [-0.4, -0.2) is 49.1 Å². The van der Waals surface area contributed by atoms with E-state index in [2.05, 4.69) is 114 Å². The summed E-state index contributed by atoms with van der Waals surface area (Å²) in [4.78, 5) is 52.7.